The Hall–Kier alpha value is -1.35. The summed E-state index contributed by atoms with van der Waals surface area (Å²) < 4.78 is 0. The maximum Gasteiger partial charge on any atom is 0.309 e. The Morgan fingerprint density at radius 2 is 2.00 bits per heavy atom. The fourth-order valence-electron chi connectivity index (χ4n) is 1.11. The van der Waals surface area contributed by atoms with Crippen molar-refractivity contribution in [2.75, 3.05) is 0 Å². The number of amides is 1. The van der Waals surface area contributed by atoms with Crippen LogP contribution < -0.4 is 5.32 Å². The summed E-state index contributed by atoms with van der Waals surface area (Å²) in [6, 6.07) is 8.87. The van der Waals surface area contributed by atoms with E-state index in [0.717, 1.165) is 5.56 Å². The van der Waals surface area contributed by atoms with Crippen molar-refractivity contribution in [2.24, 2.45) is 0 Å². The van der Waals surface area contributed by atoms with E-state index in [1.54, 1.807) is 13.3 Å². The molecule has 69 valence electrons. The third kappa shape index (κ3) is 2.56. The molecule has 0 aliphatic rings. The topological polar surface area (TPSA) is 49.3 Å². The van der Waals surface area contributed by atoms with E-state index in [-0.39, 0.29) is 6.04 Å². The molecule has 3 nitrogen and oxygen atoms in total. The molecule has 2 N–H and O–H groups in total. The molecule has 1 aromatic carbocycles. The van der Waals surface area contributed by atoms with E-state index in [2.05, 4.69) is 5.32 Å². The Kier molecular flexibility index (Phi) is 3.46. The van der Waals surface area contributed by atoms with Gasteiger partial charge in [-0.3, -0.25) is 4.79 Å². The van der Waals surface area contributed by atoms with Gasteiger partial charge in [0.15, 0.2) is 0 Å². The van der Waals surface area contributed by atoms with Crippen LogP contribution in [0.4, 0.5) is 0 Å². The molecule has 3 heteroatoms. The van der Waals surface area contributed by atoms with Gasteiger partial charge in [-0.05, 0) is 12.5 Å². The van der Waals surface area contributed by atoms with Gasteiger partial charge in [-0.15, -0.1) is 0 Å². The summed E-state index contributed by atoms with van der Waals surface area (Å²) in [5, 5.41) is 12.1. The van der Waals surface area contributed by atoms with Crippen molar-refractivity contribution in [1.82, 2.24) is 5.32 Å². The molecule has 2 atom stereocenters. The average Bonchev–Trinajstić information content (AvgIpc) is 2.18. The molecular weight excluding hydrogens is 166 g/mol. The van der Waals surface area contributed by atoms with Gasteiger partial charge >= 0.3 is 6.41 Å². The van der Waals surface area contributed by atoms with Gasteiger partial charge in [-0.2, -0.15) is 0 Å². The highest BCUT2D eigenvalue weighted by Gasteiger charge is 2.14. The molecule has 0 heterocycles. The molecular formula is C10H12NO2. The lowest BCUT2D eigenvalue weighted by molar-refractivity contribution is 0.144. The molecule has 1 amide bonds. The summed E-state index contributed by atoms with van der Waals surface area (Å²) in [7, 11) is 0. The van der Waals surface area contributed by atoms with Crippen LogP contribution in [0.1, 0.15) is 18.6 Å². The normalized spacial score (nSPS) is 14.6. The van der Waals surface area contributed by atoms with Gasteiger partial charge in [-0.1, -0.05) is 30.3 Å². The lowest BCUT2D eigenvalue weighted by Crippen LogP contribution is -2.30. The summed E-state index contributed by atoms with van der Waals surface area (Å²) in [4.78, 5) is 10.0. The van der Waals surface area contributed by atoms with E-state index >= 15 is 0 Å². The molecule has 1 rings (SSSR count). The Balaban J connectivity index is 2.67. The van der Waals surface area contributed by atoms with Crippen molar-refractivity contribution < 1.29 is 9.90 Å². The summed E-state index contributed by atoms with van der Waals surface area (Å²) in [6.07, 6.45) is 0.880. The van der Waals surface area contributed by atoms with Crippen molar-refractivity contribution in [1.29, 1.82) is 0 Å². The second-order valence-corrected chi connectivity index (χ2v) is 2.89. The number of hydrogen-bond acceptors (Lipinski definition) is 2. The van der Waals surface area contributed by atoms with Crippen LogP contribution in [0.3, 0.4) is 0 Å². The van der Waals surface area contributed by atoms with Gasteiger partial charge in [0.1, 0.15) is 0 Å². The summed E-state index contributed by atoms with van der Waals surface area (Å²) >= 11 is 0. The van der Waals surface area contributed by atoms with Crippen molar-refractivity contribution in [2.45, 2.75) is 19.1 Å². The zero-order chi connectivity index (χ0) is 9.68. The van der Waals surface area contributed by atoms with Crippen molar-refractivity contribution in [3.63, 3.8) is 0 Å². The number of hydrogen-bond donors (Lipinski definition) is 2. The van der Waals surface area contributed by atoms with Crippen LogP contribution in [-0.4, -0.2) is 17.6 Å². The van der Waals surface area contributed by atoms with Gasteiger partial charge < -0.3 is 10.4 Å². The molecule has 1 radical (unpaired) electrons. The zero-order valence-electron chi connectivity index (χ0n) is 7.40. The first-order valence-corrected chi connectivity index (χ1v) is 4.11. The monoisotopic (exact) mass is 178 g/mol. The molecule has 0 saturated heterocycles. The quantitative estimate of drug-likeness (QED) is 0.669. The Morgan fingerprint density at radius 3 is 2.54 bits per heavy atom. The summed E-state index contributed by atoms with van der Waals surface area (Å²) in [5.74, 6) is 0. The predicted molar refractivity (Wildman–Crippen MR) is 49.7 cm³/mol. The third-order valence-corrected chi connectivity index (χ3v) is 1.90. The van der Waals surface area contributed by atoms with Crippen LogP contribution >= 0.6 is 0 Å². The second-order valence-electron chi connectivity index (χ2n) is 2.89. The second kappa shape index (κ2) is 4.62. The van der Waals surface area contributed by atoms with Crippen LogP contribution in [0.5, 0.6) is 0 Å². The highest BCUT2D eigenvalue weighted by molar-refractivity contribution is 5.48. The first kappa shape index (κ1) is 9.74. The van der Waals surface area contributed by atoms with Gasteiger partial charge in [-0.25, -0.2) is 0 Å². The van der Waals surface area contributed by atoms with Crippen molar-refractivity contribution >= 4 is 6.41 Å². The molecule has 2 unspecified atom stereocenters. The minimum Gasteiger partial charge on any atom is -0.386 e. The Bertz CT molecular complexity index is 261. The van der Waals surface area contributed by atoms with E-state index in [9.17, 15) is 9.90 Å². The molecule has 0 aliphatic carbocycles. The highest BCUT2D eigenvalue weighted by atomic mass is 16.3. The fraction of sp³-hybridized carbons (Fsp3) is 0.300. The standard InChI is InChI=1S/C10H12NO2/c1-8(11-7-12)10(13)9-5-3-2-4-6-9/h2-6,8,10,13H,1H3,(H,11,12). The molecule has 0 aliphatic heterocycles. The maximum absolute atomic E-state index is 10.0. The van der Waals surface area contributed by atoms with Crippen LogP contribution in [0.25, 0.3) is 0 Å². The largest absolute Gasteiger partial charge is 0.386 e. The molecule has 0 spiro atoms. The Morgan fingerprint density at radius 1 is 1.38 bits per heavy atom. The molecule has 1 aromatic rings. The van der Waals surface area contributed by atoms with Crippen molar-refractivity contribution in [3.8, 4) is 0 Å². The van der Waals surface area contributed by atoms with Gasteiger partial charge in [0, 0.05) is 0 Å². The predicted octanol–water partition coefficient (Wildman–Crippen LogP) is 0.765. The molecule has 0 saturated carbocycles. The van der Waals surface area contributed by atoms with E-state index < -0.39 is 6.10 Å². The van der Waals surface area contributed by atoms with Crippen LogP contribution in [-0.2, 0) is 4.79 Å². The highest BCUT2D eigenvalue weighted by Crippen LogP contribution is 2.15. The molecule has 0 bridgehead atoms. The average molecular weight is 178 g/mol. The smallest absolute Gasteiger partial charge is 0.309 e. The van der Waals surface area contributed by atoms with Gasteiger partial charge in [0.25, 0.3) is 0 Å². The van der Waals surface area contributed by atoms with Crippen molar-refractivity contribution in [3.05, 3.63) is 35.9 Å². The van der Waals surface area contributed by atoms with Crippen LogP contribution in [0.15, 0.2) is 30.3 Å². The third-order valence-electron chi connectivity index (χ3n) is 1.90. The molecule has 0 aromatic heterocycles. The molecule has 13 heavy (non-hydrogen) atoms. The number of rotatable bonds is 4. The number of aliphatic hydroxyl groups is 1. The van der Waals surface area contributed by atoms with E-state index in [0.29, 0.717) is 0 Å². The minimum absolute atomic E-state index is 0.320. The first-order valence-electron chi connectivity index (χ1n) is 4.11. The number of carbonyl (C=O) groups excluding carboxylic acids is 1. The maximum atomic E-state index is 10.0. The van der Waals surface area contributed by atoms with Gasteiger partial charge in [0.05, 0.1) is 12.1 Å². The van der Waals surface area contributed by atoms with E-state index in [1.165, 1.54) is 0 Å². The first-order chi connectivity index (χ1) is 6.25. The Labute approximate surface area is 77.4 Å². The molecule has 0 fully saturated rings. The van der Waals surface area contributed by atoms with E-state index in [4.69, 9.17) is 0 Å². The summed E-state index contributed by atoms with van der Waals surface area (Å²) in [5.41, 5.74) is 0.790. The number of benzene rings is 1. The minimum atomic E-state index is -0.678. The SMILES string of the molecule is CC(N[C]=O)C(O)c1ccccc1. The zero-order valence-corrected chi connectivity index (χ0v) is 7.40. The lowest BCUT2D eigenvalue weighted by Gasteiger charge is -2.17. The van der Waals surface area contributed by atoms with Crippen LogP contribution in [0.2, 0.25) is 0 Å². The van der Waals surface area contributed by atoms with Crippen LogP contribution in [0, 0.1) is 0 Å². The fourth-order valence-corrected chi connectivity index (χ4v) is 1.11. The van der Waals surface area contributed by atoms with E-state index in [1.807, 2.05) is 30.3 Å². The number of nitrogens with one attached hydrogen (secondary N) is 1. The lowest BCUT2D eigenvalue weighted by atomic mass is 10.0. The number of aliphatic hydroxyl groups excluding tert-OH is 1. The van der Waals surface area contributed by atoms with Gasteiger partial charge in [0.2, 0.25) is 0 Å². The summed E-state index contributed by atoms with van der Waals surface area (Å²) in [6.45, 7) is 1.72.